The van der Waals surface area contributed by atoms with Gasteiger partial charge in [-0.25, -0.2) is 0 Å². The zero-order valence-electron chi connectivity index (χ0n) is 20.3. The van der Waals surface area contributed by atoms with Gasteiger partial charge >= 0.3 is 0 Å². The summed E-state index contributed by atoms with van der Waals surface area (Å²) in [7, 11) is 0. The van der Waals surface area contributed by atoms with Crippen LogP contribution in [0, 0.1) is 5.92 Å². The van der Waals surface area contributed by atoms with Crippen LogP contribution in [0.2, 0.25) is 0 Å². The average molecular weight is 449 g/mol. The fourth-order valence-corrected chi connectivity index (χ4v) is 5.64. The Bertz CT molecular complexity index is 1180. The Morgan fingerprint density at radius 2 is 1.94 bits per heavy atom. The fraction of sp³-hybridized carbons (Fsp3) is 0.312. The predicted octanol–water partition coefficient (Wildman–Crippen LogP) is 7.80. The van der Waals surface area contributed by atoms with Crippen molar-refractivity contribution >= 4 is 5.69 Å². The molecule has 1 aromatic carbocycles. The van der Waals surface area contributed by atoms with Crippen molar-refractivity contribution in [2.24, 2.45) is 11.7 Å². The van der Waals surface area contributed by atoms with Crippen molar-refractivity contribution < 1.29 is 0 Å². The van der Waals surface area contributed by atoms with Gasteiger partial charge in [0, 0.05) is 29.8 Å². The maximum Gasteiger partial charge on any atom is 0.0345 e. The van der Waals surface area contributed by atoms with Crippen LogP contribution in [0.4, 0.5) is 5.69 Å². The molecule has 0 saturated carbocycles. The molecule has 1 aromatic rings. The Labute approximate surface area is 204 Å². The fourth-order valence-electron chi connectivity index (χ4n) is 5.64. The molecule has 0 heterocycles. The highest BCUT2D eigenvalue weighted by molar-refractivity contribution is 5.58. The van der Waals surface area contributed by atoms with E-state index >= 15 is 0 Å². The van der Waals surface area contributed by atoms with Crippen LogP contribution < -0.4 is 11.1 Å². The third-order valence-electron chi connectivity index (χ3n) is 7.56. The van der Waals surface area contributed by atoms with E-state index in [4.69, 9.17) is 5.73 Å². The van der Waals surface area contributed by atoms with Crippen molar-refractivity contribution in [2.45, 2.75) is 51.4 Å². The van der Waals surface area contributed by atoms with Gasteiger partial charge in [-0.1, -0.05) is 72.4 Å². The number of rotatable bonds is 6. The first-order valence-electron chi connectivity index (χ1n) is 12.8. The number of nitrogens with two attached hydrogens (primary N) is 1. The molecule has 0 fully saturated rings. The molecule has 3 N–H and O–H groups in total. The molecule has 0 aromatic heterocycles. The molecular weight excluding hydrogens is 412 g/mol. The van der Waals surface area contributed by atoms with Crippen LogP contribution in [0.25, 0.3) is 0 Å². The van der Waals surface area contributed by atoms with Crippen LogP contribution in [-0.2, 0) is 0 Å². The summed E-state index contributed by atoms with van der Waals surface area (Å²) in [4.78, 5) is 0. The van der Waals surface area contributed by atoms with E-state index in [0.29, 0.717) is 11.8 Å². The van der Waals surface area contributed by atoms with Crippen molar-refractivity contribution in [1.82, 2.24) is 0 Å². The van der Waals surface area contributed by atoms with Gasteiger partial charge in [-0.3, -0.25) is 0 Å². The van der Waals surface area contributed by atoms with Crippen molar-refractivity contribution in [3.05, 3.63) is 124 Å². The average Bonchev–Trinajstić information content (AvgIpc) is 2.88. The first kappa shape index (κ1) is 22.5. The second-order valence-corrected chi connectivity index (χ2v) is 9.83. The van der Waals surface area contributed by atoms with Crippen LogP contribution in [-0.4, -0.2) is 6.54 Å². The van der Waals surface area contributed by atoms with Crippen LogP contribution in [0.5, 0.6) is 0 Å². The number of anilines is 1. The first-order chi connectivity index (χ1) is 16.7. The number of hydrogen-bond acceptors (Lipinski definition) is 2. The summed E-state index contributed by atoms with van der Waals surface area (Å²) in [6, 6.07) is 9.05. The molecular formula is C32H36N2. The van der Waals surface area contributed by atoms with Crippen molar-refractivity contribution in [2.75, 3.05) is 11.9 Å². The van der Waals surface area contributed by atoms with Gasteiger partial charge < -0.3 is 11.1 Å². The lowest BCUT2D eigenvalue weighted by atomic mass is 9.70. The second kappa shape index (κ2) is 10.3. The molecule has 2 heteroatoms. The maximum atomic E-state index is 5.83. The van der Waals surface area contributed by atoms with E-state index in [-0.39, 0.29) is 0 Å². The molecule has 0 radical (unpaired) electrons. The molecule has 5 rings (SSSR count). The molecule has 0 bridgehead atoms. The Balaban J connectivity index is 1.24. The van der Waals surface area contributed by atoms with Crippen molar-refractivity contribution in [3.63, 3.8) is 0 Å². The topological polar surface area (TPSA) is 38.0 Å². The zero-order chi connectivity index (χ0) is 23.3. The summed E-state index contributed by atoms with van der Waals surface area (Å²) >= 11 is 0. The molecule has 174 valence electrons. The molecule has 2 nitrogen and oxygen atoms in total. The maximum absolute atomic E-state index is 5.83. The summed E-state index contributed by atoms with van der Waals surface area (Å²) in [6.45, 7) is 3.01. The molecule has 34 heavy (non-hydrogen) atoms. The van der Waals surface area contributed by atoms with E-state index in [0.717, 1.165) is 25.1 Å². The Hall–Kier alpha value is -3.26. The molecule has 4 aliphatic rings. The van der Waals surface area contributed by atoms with Gasteiger partial charge in [-0.05, 0) is 91.5 Å². The van der Waals surface area contributed by atoms with Gasteiger partial charge in [-0.2, -0.15) is 0 Å². The quantitative estimate of drug-likeness (QED) is 0.436. The summed E-state index contributed by atoms with van der Waals surface area (Å²) in [5, 5.41) is 3.60. The van der Waals surface area contributed by atoms with Crippen LogP contribution in [0.15, 0.2) is 119 Å². The van der Waals surface area contributed by atoms with Gasteiger partial charge in [0.1, 0.15) is 0 Å². The highest BCUT2D eigenvalue weighted by Crippen LogP contribution is 2.47. The predicted molar refractivity (Wildman–Crippen MR) is 146 cm³/mol. The van der Waals surface area contributed by atoms with Gasteiger partial charge in [-0.15, -0.1) is 0 Å². The third kappa shape index (κ3) is 4.97. The molecule has 4 aliphatic carbocycles. The number of nitrogens with one attached hydrogen (secondary N) is 1. The lowest BCUT2D eigenvalue weighted by Crippen LogP contribution is -2.16. The largest absolute Gasteiger partial charge is 0.399 e. The van der Waals surface area contributed by atoms with Crippen molar-refractivity contribution in [3.8, 4) is 0 Å². The van der Waals surface area contributed by atoms with Crippen LogP contribution in [0.1, 0.15) is 56.9 Å². The van der Waals surface area contributed by atoms with Crippen LogP contribution in [0.3, 0.4) is 0 Å². The molecule has 2 unspecified atom stereocenters. The molecule has 2 atom stereocenters. The first-order valence-corrected chi connectivity index (χ1v) is 12.8. The molecule has 0 saturated heterocycles. The number of benzene rings is 1. The highest BCUT2D eigenvalue weighted by Gasteiger charge is 2.29. The second-order valence-electron chi connectivity index (χ2n) is 9.83. The van der Waals surface area contributed by atoms with E-state index in [9.17, 15) is 0 Å². The minimum absolute atomic E-state index is 0.458. The van der Waals surface area contributed by atoms with E-state index < -0.39 is 0 Å². The van der Waals surface area contributed by atoms with E-state index in [1.165, 1.54) is 42.5 Å². The Kier molecular flexibility index (Phi) is 6.85. The van der Waals surface area contributed by atoms with E-state index in [1.807, 2.05) is 6.08 Å². The minimum atomic E-state index is 0.458. The summed E-state index contributed by atoms with van der Waals surface area (Å²) in [5.41, 5.74) is 17.1. The van der Waals surface area contributed by atoms with Gasteiger partial charge in [0.2, 0.25) is 0 Å². The van der Waals surface area contributed by atoms with Gasteiger partial charge in [0.25, 0.3) is 0 Å². The molecule has 0 amide bonds. The van der Waals surface area contributed by atoms with E-state index in [1.54, 1.807) is 22.3 Å². The number of allylic oxidation sites excluding steroid dienone is 14. The number of hydrogen-bond donors (Lipinski definition) is 2. The Morgan fingerprint density at radius 3 is 2.79 bits per heavy atom. The van der Waals surface area contributed by atoms with Gasteiger partial charge in [0.15, 0.2) is 0 Å². The monoisotopic (exact) mass is 448 g/mol. The zero-order valence-corrected chi connectivity index (χ0v) is 20.3. The summed E-state index contributed by atoms with van der Waals surface area (Å²) < 4.78 is 0. The SMILES string of the molecule is C/C(=C\C=C/CNc1cccc(C2CC3=C(CCC=C3)C3=C2C=CCC3)c1)C1C=CC(N)=CC1. The smallest absolute Gasteiger partial charge is 0.0345 e. The number of fused-ring (bicyclic) bond motifs is 1. The van der Waals surface area contributed by atoms with Crippen LogP contribution >= 0.6 is 0 Å². The highest BCUT2D eigenvalue weighted by atomic mass is 14.9. The normalized spacial score (nSPS) is 24.4. The minimum Gasteiger partial charge on any atom is -0.399 e. The third-order valence-corrected chi connectivity index (χ3v) is 7.56. The van der Waals surface area contributed by atoms with Gasteiger partial charge in [0.05, 0.1) is 0 Å². The lowest BCUT2D eigenvalue weighted by Gasteiger charge is -2.34. The molecule has 0 spiro atoms. The Morgan fingerprint density at radius 1 is 1.09 bits per heavy atom. The van der Waals surface area contributed by atoms with E-state index in [2.05, 4.69) is 91.2 Å². The summed E-state index contributed by atoms with van der Waals surface area (Å²) in [6.07, 6.45) is 29.3. The summed E-state index contributed by atoms with van der Waals surface area (Å²) in [5.74, 6) is 0.919. The lowest BCUT2D eigenvalue weighted by molar-refractivity contribution is 0.719. The molecule has 0 aliphatic heterocycles. The van der Waals surface area contributed by atoms with Crippen molar-refractivity contribution in [1.29, 1.82) is 0 Å². The standard InChI is InChI=1S/C32H36N2/c1-23(24-16-18-27(33)19-17-24)9-6-7-20-34-28-12-8-11-25(21-28)32-22-26-10-2-3-13-29(26)30-14-4-5-15-31(30)32/h2,5-12,15-16,18-19,21,24,32,34H,3-4,13-14,17,20,22,33H2,1H3/b7-6-,23-9+.